The third-order valence-corrected chi connectivity index (χ3v) is 4.77. The smallest absolute Gasteiger partial charge is 0.292 e. The van der Waals surface area contributed by atoms with Crippen molar-refractivity contribution < 1.29 is 22.8 Å². The topological polar surface area (TPSA) is 101 Å². The van der Waals surface area contributed by atoms with Crippen molar-refractivity contribution in [2.45, 2.75) is 17.4 Å². The number of β-amino-alcohol motifs (C(OH)–C–C–N with tert-alkyl or cyclic N) is 1. The van der Waals surface area contributed by atoms with Crippen molar-refractivity contribution in [1.82, 2.24) is 4.31 Å². The number of sulfonamides is 1. The maximum atomic E-state index is 13.0. The average molecular weight is 290 g/mol. The number of nitro benzene ring substituents is 1. The molecule has 0 bridgehead atoms. The molecule has 104 valence electrons. The van der Waals surface area contributed by atoms with Gasteiger partial charge in [0.1, 0.15) is 5.82 Å². The Morgan fingerprint density at radius 3 is 2.68 bits per heavy atom. The first-order valence-electron chi connectivity index (χ1n) is 5.44. The van der Waals surface area contributed by atoms with E-state index in [1.54, 1.807) is 0 Å². The summed E-state index contributed by atoms with van der Waals surface area (Å²) in [5, 5.41) is 20.1. The fourth-order valence-electron chi connectivity index (χ4n) is 1.92. The molecule has 1 aromatic carbocycles. The van der Waals surface area contributed by atoms with Gasteiger partial charge >= 0.3 is 0 Å². The molecular formula is C10H11FN2O5S. The van der Waals surface area contributed by atoms with Crippen molar-refractivity contribution in [3.63, 3.8) is 0 Å². The van der Waals surface area contributed by atoms with Crippen LogP contribution in [-0.2, 0) is 10.0 Å². The number of aliphatic hydroxyl groups is 1. The lowest BCUT2D eigenvalue weighted by molar-refractivity contribution is -0.388. The Hall–Kier alpha value is -1.58. The predicted molar refractivity (Wildman–Crippen MR) is 62.4 cm³/mol. The Kier molecular flexibility index (Phi) is 3.52. The standard InChI is InChI=1S/C10H11FN2O5S/c11-7-1-2-10(9(5-7)13(15)16)19(17,18)12-4-3-8(14)6-12/h1-2,5,8,14H,3-4,6H2/t8-/m0/s1. The van der Waals surface area contributed by atoms with Crippen LogP contribution in [-0.4, -0.2) is 41.9 Å². The number of benzene rings is 1. The number of nitrogens with zero attached hydrogens (tertiary/aromatic N) is 2. The summed E-state index contributed by atoms with van der Waals surface area (Å²) < 4.78 is 38.3. The summed E-state index contributed by atoms with van der Waals surface area (Å²) in [6.07, 6.45) is -0.511. The second-order valence-corrected chi connectivity index (χ2v) is 6.08. The molecule has 1 atom stereocenters. The number of nitro groups is 1. The maximum Gasteiger partial charge on any atom is 0.292 e. The third kappa shape index (κ3) is 2.57. The summed E-state index contributed by atoms with van der Waals surface area (Å²) >= 11 is 0. The summed E-state index contributed by atoms with van der Waals surface area (Å²) in [5.74, 6) is -0.882. The SMILES string of the molecule is O=[N+]([O-])c1cc(F)ccc1S(=O)(=O)N1CC[C@H](O)C1. The molecule has 1 fully saturated rings. The van der Waals surface area contributed by atoms with E-state index in [4.69, 9.17) is 0 Å². The number of hydrogen-bond acceptors (Lipinski definition) is 5. The van der Waals surface area contributed by atoms with Gasteiger partial charge in [-0.15, -0.1) is 0 Å². The fraction of sp³-hybridized carbons (Fsp3) is 0.400. The molecule has 0 unspecified atom stereocenters. The molecular weight excluding hydrogens is 279 g/mol. The van der Waals surface area contributed by atoms with Crippen LogP contribution in [0, 0.1) is 15.9 Å². The van der Waals surface area contributed by atoms with E-state index in [2.05, 4.69) is 0 Å². The maximum absolute atomic E-state index is 13.0. The van der Waals surface area contributed by atoms with E-state index in [0.29, 0.717) is 6.07 Å². The Morgan fingerprint density at radius 1 is 1.47 bits per heavy atom. The fourth-order valence-corrected chi connectivity index (χ4v) is 3.55. The first-order valence-corrected chi connectivity index (χ1v) is 6.88. The molecule has 0 aromatic heterocycles. The van der Waals surface area contributed by atoms with Gasteiger partial charge in [0.25, 0.3) is 5.69 Å². The van der Waals surface area contributed by atoms with Crippen molar-refractivity contribution in [2.75, 3.05) is 13.1 Å². The van der Waals surface area contributed by atoms with E-state index < -0.39 is 37.5 Å². The van der Waals surface area contributed by atoms with E-state index in [0.717, 1.165) is 16.4 Å². The molecule has 1 aliphatic heterocycles. The lowest BCUT2D eigenvalue weighted by atomic mass is 10.3. The van der Waals surface area contributed by atoms with E-state index in [1.165, 1.54) is 0 Å². The molecule has 19 heavy (non-hydrogen) atoms. The molecule has 7 nitrogen and oxygen atoms in total. The number of hydrogen-bond donors (Lipinski definition) is 1. The molecule has 0 radical (unpaired) electrons. The van der Waals surface area contributed by atoms with Crippen molar-refractivity contribution in [3.05, 3.63) is 34.1 Å². The van der Waals surface area contributed by atoms with Crippen LogP contribution in [0.5, 0.6) is 0 Å². The van der Waals surface area contributed by atoms with Gasteiger partial charge in [0, 0.05) is 13.1 Å². The zero-order valence-electron chi connectivity index (χ0n) is 9.69. The van der Waals surface area contributed by atoms with Gasteiger partial charge in [0.2, 0.25) is 10.0 Å². The highest BCUT2D eigenvalue weighted by Crippen LogP contribution is 2.29. The van der Waals surface area contributed by atoms with E-state index in [1.807, 2.05) is 0 Å². The second-order valence-electron chi connectivity index (χ2n) is 4.17. The molecule has 1 saturated heterocycles. The second kappa shape index (κ2) is 4.83. The van der Waals surface area contributed by atoms with Crippen LogP contribution in [0.4, 0.5) is 10.1 Å². The lowest BCUT2D eigenvalue weighted by Gasteiger charge is -2.15. The molecule has 0 amide bonds. The summed E-state index contributed by atoms with van der Waals surface area (Å²) in [5.41, 5.74) is -0.804. The molecule has 2 rings (SSSR count). The summed E-state index contributed by atoms with van der Waals surface area (Å²) in [6.45, 7) is -0.0328. The van der Waals surface area contributed by atoms with E-state index in [-0.39, 0.29) is 19.5 Å². The molecule has 0 saturated carbocycles. The van der Waals surface area contributed by atoms with Crippen molar-refractivity contribution in [3.8, 4) is 0 Å². The van der Waals surface area contributed by atoms with Crippen LogP contribution in [0.3, 0.4) is 0 Å². The Labute approximate surface area is 108 Å². The van der Waals surface area contributed by atoms with Gasteiger partial charge in [-0.1, -0.05) is 0 Å². The van der Waals surface area contributed by atoms with Crippen molar-refractivity contribution in [1.29, 1.82) is 0 Å². The van der Waals surface area contributed by atoms with Crippen molar-refractivity contribution >= 4 is 15.7 Å². The van der Waals surface area contributed by atoms with Crippen LogP contribution in [0.25, 0.3) is 0 Å². The quantitative estimate of drug-likeness (QED) is 0.645. The lowest BCUT2D eigenvalue weighted by Crippen LogP contribution is -2.30. The first-order chi connectivity index (χ1) is 8.82. The molecule has 1 N–H and O–H groups in total. The molecule has 1 heterocycles. The van der Waals surface area contributed by atoms with E-state index in [9.17, 15) is 28.0 Å². The van der Waals surface area contributed by atoms with Crippen LogP contribution in [0.2, 0.25) is 0 Å². The zero-order chi connectivity index (χ0) is 14.2. The summed E-state index contributed by atoms with van der Waals surface area (Å²) in [4.78, 5) is 9.30. The van der Waals surface area contributed by atoms with Crippen LogP contribution >= 0.6 is 0 Å². The van der Waals surface area contributed by atoms with Gasteiger partial charge in [-0.05, 0) is 18.6 Å². The van der Waals surface area contributed by atoms with Crippen LogP contribution < -0.4 is 0 Å². The Morgan fingerprint density at radius 2 is 2.16 bits per heavy atom. The first kappa shape index (κ1) is 13.8. The van der Waals surface area contributed by atoms with Gasteiger partial charge in [0.15, 0.2) is 4.90 Å². The normalized spacial score (nSPS) is 20.6. The van der Waals surface area contributed by atoms with Crippen LogP contribution in [0.15, 0.2) is 23.1 Å². The third-order valence-electron chi connectivity index (χ3n) is 2.86. The monoisotopic (exact) mass is 290 g/mol. The number of aliphatic hydroxyl groups excluding tert-OH is 1. The Balaban J connectivity index is 2.49. The number of halogens is 1. The molecule has 1 aliphatic rings. The van der Waals surface area contributed by atoms with Crippen molar-refractivity contribution in [2.24, 2.45) is 0 Å². The summed E-state index contributed by atoms with van der Waals surface area (Å²) in [6, 6.07) is 2.29. The van der Waals surface area contributed by atoms with Gasteiger partial charge in [0.05, 0.1) is 17.1 Å². The predicted octanol–water partition coefficient (Wildman–Crippen LogP) is 0.489. The highest BCUT2D eigenvalue weighted by atomic mass is 32.2. The van der Waals surface area contributed by atoms with E-state index >= 15 is 0 Å². The zero-order valence-corrected chi connectivity index (χ0v) is 10.5. The van der Waals surface area contributed by atoms with Crippen LogP contribution in [0.1, 0.15) is 6.42 Å². The Bertz CT molecular complexity index is 618. The molecule has 0 spiro atoms. The van der Waals surface area contributed by atoms with Gasteiger partial charge < -0.3 is 5.11 Å². The molecule has 1 aromatic rings. The summed E-state index contributed by atoms with van der Waals surface area (Å²) in [7, 11) is -4.10. The highest BCUT2D eigenvalue weighted by molar-refractivity contribution is 7.89. The van der Waals surface area contributed by atoms with Gasteiger partial charge in [-0.2, -0.15) is 4.31 Å². The molecule has 0 aliphatic carbocycles. The number of rotatable bonds is 3. The minimum atomic E-state index is -4.10. The average Bonchev–Trinajstić information content (AvgIpc) is 2.76. The highest BCUT2D eigenvalue weighted by Gasteiger charge is 2.36. The van der Waals surface area contributed by atoms with Gasteiger partial charge in [-0.3, -0.25) is 10.1 Å². The minimum Gasteiger partial charge on any atom is -0.392 e. The minimum absolute atomic E-state index is 0.0814. The van der Waals surface area contributed by atoms with Gasteiger partial charge in [-0.25, -0.2) is 12.8 Å². The largest absolute Gasteiger partial charge is 0.392 e. The molecule has 9 heteroatoms.